The lowest BCUT2D eigenvalue weighted by Gasteiger charge is -2.41. The highest BCUT2D eigenvalue weighted by Crippen LogP contribution is 2.29. The van der Waals surface area contributed by atoms with Crippen LogP contribution in [0.2, 0.25) is 0 Å². The predicted molar refractivity (Wildman–Crippen MR) is 94.3 cm³/mol. The Morgan fingerprint density at radius 2 is 1.67 bits per heavy atom. The van der Waals surface area contributed by atoms with Gasteiger partial charge in [0.05, 0.1) is 5.60 Å². The maximum absolute atomic E-state index is 10.9. The standard InChI is InChI=1S/C17H25NOS2/c19-17(12-15-4-2-1-3-5-15)6-8-18(9-7-17)16-13-20-10-11-21-14-16/h1-5,16,19H,6-14H2. The molecule has 0 bridgehead atoms. The van der Waals surface area contributed by atoms with E-state index < -0.39 is 5.60 Å². The van der Waals surface area contributed by atoms with Crippen LogP contribution in [-0.4, -0.2) is 57.8 Å². The molecule has 0 amide bonds. The Kier molecular flexibility index (Phi) is 5.54. The maximum atomic E-state index is 10.9. The van der Waals surface area contributed by atoms with Gasteiger partial charge in [-0.15, -0.1) is 0 Å². The van der Waals surface area contributed by atoms with Crippen molar-refractivity contribution in [3.05, 3.63) is 35.9 Å². The van der Waals surface area contributed by atoms with E-state index in [4.69, 9.17) is 0 Å². The molecule has 0 atom stereocenters. The summed E-state index contributed by atoms with van der Waals surface area (Å²) in [5.74, 6) is 5.13. The smallest absolute Gasteiger partial charge is 0.0712 e. The quantitative estimate of drug-likeness (QED) is 0.924. The SMILES string of the molecule is OC1(Cc2ccccc2)CCN(C2CSCCSC2)CC1. The minimum atomic E-state index is -0.497. The monoisotopic (exact) mass is 323 g/mol. The number of rotatable bonds is 3. The van der Waals surface area contributed by atoms with E-state index in [2.05, 4.69) is 52.7 Å². The van der Waals surface area contributed by atoms with Crippen molar-refractivity contribution in [2.75, 3.05) is 36.1 Å². The van der Waals surface area contributed by atoms with Crippen molar-refractivity contribution < 1.29 is 5.11 Å². The van der Waals surface area contributed by atoms with Gasteiger partial charge in [0.15, 0.2) is 0 Å². The first-order chi connectivity index (χ1) is 10.3. The van der Waals surface area contributed by atoms with E-state index in [-0.39, 0.29) is 0 Å². The second kappa shape index (κ2) is 7.40. The first kappa shape index (κ1) is 15.7. The first-order valence-corrected chi connectivity index (χ1v) is 10.2. The van der Waals surface area contributed by atoms with Gasteiger partial charge < -0.3 is 5.11 Å². The number of hydrogen-bond acceptors (Lipinski definition) is 4. The molecule has 0 aromatic heterocycles. The fourth-order valence-electron chi connectivity index (χ4n) is 3.27. The Balaban J connectivity index is 1.54. The van der Waals surface area contributed by atoms with Crippen molar-refractivity contribution in [1.82, 2.24) is 4.90 Å². The van der Waals surface area contributed by atoms with Crippen LogP contribution in [-0.2, 0) is 6.42 Å². The zero-order valence-corrected chi connectivity index (χ0v) is 14.2. The normalized spacial score (nSPS) is 24.6. The highest BCUT2D eigenvalue weighted by molar-refractivity contribution is 8.03. The zero-order valence-electron chi connectivity index (χ0n) is 12.5. The van der Waals surface area contributed by atoms with Crippen LogP contribution < -0.4 is 0 Å². The molecule has 0 saturated carbocycles. The second-order valence-electron chi connectivity index (χ2n) is 6.23. The van der Waals surface area contributed by atoms with Crippen molar-refractivity contribution in [1.29, 1.82) is 0 Å². The Bertz CT molecular complexity index is 424. The molecule has 2 nitrogen and oxygen atoms in total. The molecule has 2 heterocycles. The van der Waals surface area contributed by atoms with Crippen molar-refractivity contribution in [3.8, 4) is 0 Å². The van der Waals surface area contributed by atoms with E-state index >= 15 is 0 Å². The third kappa shape index (κ3) is 4.41. The van der Waals surface area contributed by atoms with Crippen LogP contribution in [0.3, 0.4) is 0 Å². The molecule has 2 fully saturated rings. The molecule has 3 rings (SSSR count). The molecule has 116 valence electrons. The average molecular weight is 324 g/mol. The molecule has 0 radical (unpaired) electrons. The lowest BCUT2D eigenvalue weighted by molar-refractivity contribution is -0.0263. The Hall–Kier alpha value is -0.160. The molecular weight excluding hydrogens is 298 g/mol. The Morgan fingerprint density at radius 3 is 2.29 bits per heavy atom. The van der Waals surface area contributed by atoms with E-state index in [0.717, 1.165) is 32.4 Å². The van der Waals surface area contributed by atoms with E-state index in [1.54, 1.807) is 0 Å². The second-order valence-corrected chi connectivity index (χ2v) is 8.53. The van der Waals surface area contributed by atoms with E-state index in [9.17, 15) is 5.11 Å². The average Bonchev–Trinajstić information content (AvgIpc) is 2.78. The number of likely N-dealkylation sites (tertiary alicyclic amines) is 1. The van der Waals surface area contributed by atoms with Crippen LogP contribution in [0.4, 0.5) is 0 Å². The number of benzene rings is 1. The van der Waals surface area contributed by atoms with Gasteiger partial charge in [-0.3, -0.25) is 4.90 Å². The summed E-state index contributed by atoms with van der Waals surface area (Å²) in [5.41, 5.74) is 0.761. The van der Waals surface area contributed by atoms with Gasteiger partial charge in [-0.1, -0.05) is 30.3 Å². The number of piperidine rings is 1. The third-order valence-corrected chi connectivity index (χ3v) is 7.10. The van der Waals surface area contributed by atoms with E-state index in [0.29, 0.717) is 6.04 Å². The number of aliphatic hydroxyl groups is 1. The largest absolute Gasteiger partial charge is 0.389 e. The van der Waals surface area contributed by atoms with Gasteiger partial charge >= 0.3 is 0 Å². The summed E-state index contributed by atoms with van der Waals surface area (Å²) in [5, 5.41) is 10.9. The fraction of sp³-hybridized carbons (Fsp3) is 0.647. The van der Waals surface area contributed by atoms with Crippen molar-refractivity contribution >= 4 is 23.5 Å². The molecular formula is C17H25NOS2. The summed E-state index contributed by atoms with van der Waals surface area (Å²) in [6.07, 6.45) is 2.62. The highest BCUT2D eigenvalue weighted by atomic mass is 32.2. The molecule has 4 heteroatoms. The van der Waals surface area contributed by atoms with Crippen LogP contribution >= 0.6 is 23.5 Å². The van der Waals surface area contributed by atoms with E-state index in [1.165, 1.54) is 28.6 Å². The van der Waals surface area contributed by atoms with Crippen LogP contribution in [0.5, 0.6) is 0 Å². The molecule has 2 aliphatic rings. The van der Waals surface area contributed by atoms with Crippen molar-refractivity contribution in [3.63, 3.8) is 0 Å². The van der Waals surface area contributed by atoms with Crippen molar-refractivity contribution in [2.24, 2.45) is 0 Å². The van der Waals surface area contributed by atoms with Crippen molar-refractivity contribution in [2.45, 2.75) is 30.9 Å². The summed E-state index contributed by atoms with van der Waals surface area (Å²) >= 11 is 4.19. The molecule has 2 aliphatic heterocycles. The first-order valence-electron chi connectivity index (χ1n) is 7.91. The fourth-order valence-corrected chi connectivity index (χ4v) is 5.90. The van der Waals surface area contributed by atoms with Crippen LogP contribution in [0.15, 0.2) is 30.3 Å². The molecule has 21 heavy (non-hydrogen) atoms. The summed E-state index contributed by atoms with van der Waals surface area (Å²) in [4.78, 5) is 2.62. The topological polar surface area (TPSA) is 23.5 Å². The zero-order chi connectivity index (χ0) is 14.5. The molecule has 0 aliphatic carbocycles. The summed E-state index contributed by atoms with van der Waals surface area (Å²) in [7, 11) is 0. The Labute approximate surface area is 136 Å². The van der Waals surface area contributed by atoms with Gasteiger partial charge in [0.1, 0.15) is 0 Å². The van der Waals surface area contributed by atoms with Gasteiger partial charge in [0.2, 0.25) is 0 Å². The molecule has 2 saturated heterocycles. The summed E-state index contributed by atoms with van der Waals surface area (Å²) < 4.78 is 0. The van der Waals surface area contributed by atoms with Crippen LogP contribution in [0.1, 0.15) is 18.4 Å². The van der Waals surface area contributed by atoms with Crippen LogP contribution in [0.25, 0.3) is 0 Å². The van der Waals surface area contributed by atoms with Gasteiger partial charge in [0, 0.05) is 48.6 Å². The lowest BCUT2D eigenvalue weighted by Crippen LogP contribution is -2.50. The molecule has 1 N–H and O–H groups in total. The maximum Gasteiger partial charge on any atom is 0.0712 e. The van der Waals surface area contributed by atoms with Gasteiger partial charge in [-0.25, -0.2) is 0 Å². The van der Waals surface area contributed by atoms with Gasteiger partial charge in [0.25, 0.3) is 0 Å². The lowest BCUT2D eigenvalue weighted by atomic mass is 9.85. The number of thioether (sulfide) groups is 2. The summed E-state index contributed by atoms with van der Waals surface area (Å²) in [6, 6.07) is 11.1. The Morgan fingerprint density at radius 1 is 1.05 bits per heavy atom. The van der Waals surface area contributed by atoms with E-state index in [1.807, 2.05) is 6.07 Å². The minimum absolute atomic E-state index is 0.497. The minimum Gasteiger partial charge on any atom is -0.389 e. The number of nitrogens with zero attached hydrogens (tertiary/aromatic N) is 1. The molecule has 1 aromatic rings. The molecule has 0 spiro atoms. The molecule has 1 aromatic carbocycles. The predicted octanol–water partition coefficient (Wildman–Crippen LogP) is 2.90. The third-order valence-electron chi connectivity index (χ3n) is 4.61. The van der Waals surface area contributed by atoms with Gasteiger partial charge in [-0.2, -0.15) is 23.5 Å². The van der Waals surface area contributed by atoms with Gasteiger partial charge in [-0.05, 0) is 18.4 Å². The van der Waals surface area contributed by atoms with Crippen LogP contribution in [0, 0.1) is 0 Å². The molecule has 0 unspecified atom stereocenters. The highest BCUT2D eigenvalue weighted by Gasteiger charge is 2.34. The number of hydrogen-bond donors (Lipinski definition) is 1. The summed E-state index contributed by atoms with van der Waals surface area (Å²) in [6.45, 7) is 2.10.